The second-order valence-corrected chi connectivity index (χ2v) is 5.65. The van der Waals surface area contributed by atoms with Crippen LogP contribution in [0.2, 0.25) is 0 Å². The van der Waals surface area contributed by atoms with Gasteiger partial charge in [0.2, 0.25) is 0 Å². The Balaban J connectivity index is 2.87. The summed E-state index contributed by atoms with van der Waals surface area (Å²) < 4.78 is 41.3. The highest BCUT2D eigenvalue weighted by molar-refractivity contribution is 9.10. The average molecular weight is 399 g/mol. The van der Waals surface area contributed by atoms with Gasteiger partial charge >= 0.3 is 18.4 Å². The fraction of sp³-hybridized carbons (Fsp3) is 0.385. The fourth-order valence-electron chi connectivity index (χ4n) is 1.59. The summed E-state index contributed by atoms with van der Waals surface area (Å²) >= 11 is 3.01. The van der Waals surface area contributed by atoms with Crippen LogP contribution in [0.3, 0.4) is 0 Å². The number of anilines is 1. The van der Waals surface area contributed by atoms with Crippen molar-refractivity contribution in [3.63, 3.8) is 0 Å². The number of halogens is 4. The highest BCUT2D eigenvalue weighted by atomic mass is 79.9. The van der Waals surface area contributed by atoms with Crippen molar-refractivity contribution in [2.75, 3.05) is 18.9 Å². The molecule has 10 heteroatoms. The maximum absolute atomic E-state index is 12.4. The number of hydrogen-bond donors (Lipinski definition) is 2. The van der Waals surface area contributed by atoms with Crippen molar-refractivity contribution in [2.45, 2.75) is 13.3 Å². The van der Waals surface area contributed by atoms with Gasteiger partial charge in [-0.3, -0.25) is 4.79 Å². The molecule has 0 radical (unpaired) electrons. The third-order valence-corrected chi connectivity index (χ3v) is 3.22. The van der Waals surface area contributed by atoms with E-state index in [9.17, 15) is 22.8 Å². The van der Waals surface area contributed by atoms with E-state index in [1.54, 1.807) is 0 Å². The zero-order chi connectivity index (χ0) is 17.8. The van der Waals surface area contributed by atoms with Gasteiger partial charge < -0.3 is 20.1 Å². The first-order valence-corrected chi connectivity index (χ1v) is 7.09. The molecule has 0 saturated carbocycles. The van der Waals surface area contributed by atoms with Gasteiger partial charge in [0.25, 0.3) is 0 Å². The van der Waals surface area contributed by atoms with E-state index in [2.05, 4.69) is 26.0 Å². The fourth-order valence-corrected chi connectivity index (χ4v) is 1.93. The lowest BCUT2D eigenvalue weighted by Crippen LogP contribution is -2.36. The number of nitrogens with one attached hydrogen (secondary N) is 1. The molecule has 23 heavy (non-hydrogen) atoms. The third kappa shape index (κ3) is 6.35. The first-order valence-electron chi connectivity index (χ1n) is 6.30. The van der Waals surface area contributed by atoms with Crippen LogP contribution in [0.4, 0.5) is 23.7 Å². The van der Waals surface area contributed by atoms with Crippen LogP contribution < -0.4 is 10.1 Å². The molecule has 0 fully saturated rings. The van der Waals surface area contributed by atoms with Crippen LogP contribution in [0, 0.1) is 5.92 Å². The second-order valence-electron chi connectivity index (χ2n) is 4.74. The van der Waals surface area contributed by atoms with E-state index in [1.807, 2.05) is 0 Å². The lowest BCUT2D eigenvalue weighted by atomic mass is 10.2. The topological polar surface area (TPSA) is 78.9 Å². The van der Waals surface area contributed by atoms with Gasteiger partial charge in [-0.2, -0.15) is 0 Å². The highest BCUT2D eigenvalue weighted by Crippen LogP contribution is 2.33. The van der Waals surface area contributed by atoms with Crippen molar-refractivity contribution < 1.29 is 32.6 Å². The van der Waals surface area contributed by atoms with E-state index in [0.717, 1.165) is 11.0 Å². The molecular formula is C13H14BrF3N2O4. The van der Waals surface area contributed by atoms with Gasteiger partial charge in [0, 0.05) is 18.1 Å². The zero-order valence-corrected chi connectivity index (χ0v) is 13.7. The number of benzene rings is 1. The van der Waals surface area contributed by atoms with Gasteiger partial charge in [0.15, 0.2) is 5.75 Å². The van der Waals surface area contributed by atoms with E-state index < -0.39 is 30.0 Å². The number of nitrogens with zero attached hydrogens (tertiary/aromatic N) is 1. The minimum atomic E-state index is -4.91. The van der Waals surface area contributed by atoms with Crippen LogP contribution >= 0.6 is 15.9 Å². The SMILES string of the molecule is CC(CN(C)C(=O)Nc1ccc(Br)cc1OC(F)(F)F)C(=O)O. The molecule has 0 aromatic heterocycles. The van der Waals surface area contributed by atoms with Crippen LogP contribution in [-0.4, -0.2) is 42.0 Å². The van der Waals surface area contributed by atoms with Gasteiger partial charge in [-0.05, 0) is 18.2 Å². The second kappa shape index (κ2) is 7.53. The quantitative estimate of drug-likeness (QED) is 0.794. The Morgan fingerprint density at radius 1 is 1.43 bits per heavy atom. The Labute approximate surface area is 138 Å². The van der Waals surface area contributed by atoms with Crippen molar-refractivity contribution in [3.8, 4) is 5.75 Å². The largest absolute Gasteiger partial charge is 0.573 e. The number of ether oxygens (including phenoxy) is 1. The van der Waals surface area contributed by atoms with Crippen LogP contribution in [-0.2, 0) is 4.79 Å². The molecule has 1 aromatic carbocycles. The smallest absolute Gasteiger partial charge is 0.481 e. The summed E-state index contributed by atoms with van der Waals surface area (Å²) in [4.78, 5) is 23.8. The van der Waals surface area contributed by atoms with Crippen LogP contribution in [0.15, 0.2) is 22.7 Å². The number of carbonyl (C=O) groups excluding carboxylic acids is 1. The molecule has 1 unspecified atom stereocenters. The van der Waals surface area contributed by atoms with E-state index in [4.69, 9.17) is 5.11 Å². The van der Waals surface area contributed by atoms with E-state index in [1.165, 1.54) is 26.1 Å². The molecule has 2 N–H and O–H groups in total. The first-order chi connectivity index (χ1) is 10.5. The van der Waals surface area contributed by atoms with Gasteiger partial charge in [0.05, 0.1) is 11.6 Å². The molecule has 1 aromatic rings. The summed E-state index contributed by atoms with van der Waals surface area (Å²) in [6.07, 6.45) is -4.91. The predicted molar refractivity (Wildman–Crippen MR) is 79.3 cm³/mol. The number of amides is 2. The number of carboxylic acids is 1. The first kappa shape index (κ1) is 19.1. The van der Waals surface area contributed by atoms with E-state index in [-0.39, 0.29) is 12.2 Å². The van der Waals surface area contributed by atoms with Crippen LogP contribution in [0.5, 0.6) is 5.75 Å². The summed E-state index contributed by atoms with van der Waals surface area (Å²) in [5, 5.41) is 11.0. The molecule has 1 rings (SSSR count). The van der Waals surface area contributed by atoms with Gasteiger partial charge in [-0.1, -0.05) is 22.9 Å². The third-order valence-electron chi connectivity index (χ3n) is 2.73. The van der Waals surface area contributed by atoms with Crippen molar-refractivity contribution in [2.24, 2.45) is 5.92 Å². The molecule has 0 bridgehead atoms. The van der Waals surface area contributed by atoms with Crippen LogP contribution in [0.25, 0.3) is 0 Å². The zero-order valence-electron chi connectivity index (χ0n) is 12.1. The number of hydrogen-bond acceptors (Lipinski definition) is 3. The summed E-state index contributed by atoms with van der Waals surface area (Å²) in [5.41, 5.74) is -0.189. The lowest BCUT2D eigenvalue weighted by molar-refractivity contribution is -0.274. The molecule has 2 amide bonds. The number of alkyl halides is 3. The molecule has 0 aliphatic heterocycles. The summed E-state index contributed by atoms with van der Waals surface area (Å²) in [6, 6.07) is 2.96. The molecule has 0 aliphatic rings. The standard InChI is InChI=1S/C13H14BrF3N2O4/c1-7(11(20)21)6-19(2)12(22)18-9-4-3-8(14)5-10(9)23-13(15,16)17/h3-5,7H,6H2,1-2H3,(H,18,22)(H,20,21). The molecule has 128 valence electrons. The van der Waals surface area contributed by atoms with Gasteiger partial charge in [-0.15, -0.1) is 13.2 Å². The molecular weight excluding hydrogens is 385 g/mol. The number of carbonyl (C=O) groups is 2. The normalized spacial score (nSPS) is 12.4. The summed E-state index contributed by atoms with van der Waals surface area (Å²) in [6.45, 7) is 1.30. The lowest BCUT2D eigenvalue weighted by Gasteiger charge is -2.21. The summed E-state index contributed by atoms with van der Waals surface area (Å²) in [5.74, 6) is -2.49. The van der Waals surface area contributed by atoms with Gasteiger partial charge in [0.1, 0.15) is 0 Å². The molecule has 0 aliphatic carbocycles. The highest BCUT2D eigenvalue weighted by Gasteiger charge is 2.32. The Kier molecular flexibility index (Phi) is 6.25. The monoisotopic (exact) mass is 398 g/mol. The van der Waals surface area contributed by atoms with Crippen molar-refractivity contribution in [1.82, 2.24) is 4.90 Å². The van der Waals surface area contributed by atoms with Crippen LogP contribution in [0.1, 0.15) is 6.92 Å². The number of urea groups is 1. The number of aliphatic carboxylic acids is 1. The Hall–Kier alpha value is -1.97. The van der Waals surface area contributed by atoms with E-state index in [0.29, 0.717) is 4.47 Å². The van der Waals surface area contributed by atoms with Crippen molar-refractivity contribution in [1.29, 1.82) is 0 Å². The Bertz CT molecular complexity index is 595. The Morgan fingerprint density at radius 2 is 2.04 bits per heavy atom. The predicted octanol–water partition coefficient (Wildman–Crippen LogP) is 3.53. The molecule has 0 spiro atoms. The van der Waals surface area contributed by atoms with Crippen molar-refractivity contribution >= 4 is 33.6 Å². The van der Waals surface area contributed by atoms with Crippen molar-refractivity contribution in [3.05, 3.63) is 22.7 Å². The maximum Gasteiger partial charge on any atom is 0.573 e. The molecule has 1 atom stereocenters. The van der Waals surface area contributed by atoms with E-state index >= 15 is 0 Å². The summed E-state index contributed by atoms with van der Waals surface area (Å²) in [7, 11) is 1.33. The Morgan fingerprint density at radius 3 is 2.57 bits per heavy atom. The minimum absolute atomic E-state index is 0.104. The number of carboxylic acid groups (broad SMARTS) is 1. The average Bonchev–Trinajstić information content (AvgIpc) is 2.39. The molecule has 0 heterocycles. The number of rotatable bonds is 5. The maximum atomic E-state index is 12.4. The van der Waals surface area contributed by atoms with Gasteiger partial charge in [-0.25, -0.2) is 4.79 Å². The minimum Gasteiger partial charge on any atom is -0.481 e. The molecule has 6 nitrogen and oxygen atoms in total. The molecule has 0 saturated heterocycles.